The number of esters is 1. The highest BCUT2D eigenvalue weighted by molar-refractivity contribution is 5.96. The average Bonchev–Trinajstić information content (AvgIpc) is 3.18. The Morgan fingerprint density at radius 2 is 1.94 bits per heavy atom. The minimum atomic E-state index is -0.551. The Morgan fingerprint density at radius 3 is 2.68 bits per heavy atom. The molecule has 164 valence electrons. The van der Waals surface area contributed by atoms with Crippen molar-refractivity contribution < 1.29 is 28.5 Å². The van der Waals surface area contributed by atoms with E-state index in [1.54, 1.807) is 15.8 Å². The van der Waals surface area contributed by atoms with E-state index in [9.17, 15) is 14.4 Å². The molecule has 0 saturated heterocycles. The molecule has 2 aliphatic heterocycles. The highest BCUT2D eigenvalue weighted by Gasteiger charge is 2.34. The van der Waals surface area contributed by atoms with Gasteiger partial charge in [-0.15, -0.1) is 0 Å². The molecule has 31 heavy (non-hydrogen) atoms. The fourth-order valence-electron chi connectivity index (χ4n) is 3.47. The molecule has 0 N–H and O–H groups in total. The van der Waals surface area contributed by atoms with Crippen LogP contribution in [0.2, 0.25) is 0 Å². The number of carbonyl (C=O) groups excluding carboxylic acids is 2. The molecule has 0 fully saturated rings. The number of ether oxygens (including phenoxy) is 4. The predicted octanol–water partition coefficient (Wildman–Crippen LogP) is 1.44. The summed E-state index contributed by atoms with van der Waals surface area (Å²) >= 11 is 0. The van der Waals surface area contributed by atoms with Gasteiger partial charge in [0.05, 0.1) is 6.54 Å². The molecule has 0 radical (unpaired) electrons. The van der Waals surface area contributed by atoms with Crippen molar-refractivity contribution in [3.05, 3.63) is 51.9 Å². The van der Waals surface area contributed by atoms with Gasteiger partial charge in [0, 0.05) is 25.2 Å². The molecule has 0 bridgehead atoms. The molecule has 0 saturated carbocycles. The van der Waals surface area contributed by atoms with E-state index in [4.69, 9.17) is 18.9 Å². The zero-order valence-corrected chi connectivity index (χ0v) is 17.5. The number of amides is 1. The minimum absolute atomic E-state index is 0.0837. The largest absolute Gasteiger partial charge is 0.454 e. The Hall–Kier alpha value is -3.69. The van der Waals surface area contributed by atoms with Gasteiger partial charge in [-0.3, -0.25) is 24.1 Å². The summed E-state index contributed by atoms with van der Waals surface area (Å²) in [4.78, 5) is 38.4. The van der Waals surface area contributed by atoms with E-state index in [0.29, 0.717) is 24.7 Å². The van der Waals surface area contributed by atoms with E-state index >= 15 is 0 Å². The van der Waals surface area contributed by atoms with Crippen molar-refractivity contribution in [2.75, 3.05) is 25.3 Å². The molecule has 3 heterocycles. The molecule has 10 nitrogen and oxygen atoms in total. The number of hydrogen-bond donors (Lipinski definition) is 0. The van der Waals surface area contributed by atoms with Gasteiger partial charge in [-0.1, -0.05) is 6.07 Å². The van der Waals surface area contributed by atoms with Gasteiger partial charge in [-0.05, 0) is 31.5 Å². The zero-order valence-electron chi connectivity index (χ0n) is 17.5. The summed E-state index contributed by atoms with van der Waals surface area (Å²) < 4.78 is 22.6. The molecule has 4 rings (SSSR count). The van der Waals surface area contributed by atoms with Crippen molar-refractivity contribution in [3.63, 3.8) is 0 Å². The van der Waals surface area contributed by atoms with Gasteiger partial charge in [-0.2, -0.15) is 0 Å². The lowest BCUT2D eigenvalue weighted by Gasteiger charge is -2.41. The lowest BCUT2D eigenvalue weighted by molar-refractivity contribution is -0.147. The summed E-state index contributed by atoms with van der Waals surface area (Å²) in [5.41, 5.74) is 0.551. The van der Waals surface area contributed by atoms with E-state index in [0.717, 1.165) is 5.56 Å². The van der Waals surface area contributed by atoms with Crippen LogP contribution in [0.3, 0.4) is 0 Å². The van der Waals surface area contributed by atoms with E-state index in [1.165, 1.54) is 13.0 Å². The summed E-state index contributed by atoms with van der Waals surface area (Å²) in [6, 6.07) is 6.85. The Labute approximate surface area is 178 Å². The fourth-order valence-corrected chi connectivity index (χ4v) is 3.47. The molecular formula is C21H23N3O7. The van der Waals surface area contributed by atoms with Gasteiger partial charge in [0.25, 0.3) is 5.91 Å². The van der Waals surface area contributed by atoms with Gasteiger partial charge in [0.2, 0.25) is 24.8 Å². The van der Waals surface area contributed by atoms with Crippen LogP contribution in [0.5, 0.6) is 17.2 Å². The number of benzene rings is 1. The van der Waals surface area contributed by atoms with E-state index < -0.39 is 18.2 Å². The standard InChI is InChI=1S/C21H23N3O7/c1-13(2)23-10-22(9-15-4-5-17-18(8-15)30-12-29-17)24-7-6-16(26)20(19(24)21(23)27)31-11-28-14(3)25/h4-8,13H,9-12H2,1-3H3. The second-order valence-electron chi connectivity index (χ2n) is 7.46. The van der Waals surface area contributed by atoms with Crippen LogP contribution in [-0.2, 0) is 16.1 Å². The Balaban J connectivity index is 1.71. The molecule has 2 aliphatic rings. The van der Waals surface area contributed by atoms with Crippen LogP contribution < -0.4 is 24.6 Å². The molecule has 1 amide bonds. The number of hydrogen-bond acceptors (Lipinski definition) is 8. The molecule has 1 aromatic heterocycles. The quantitative estimate of drug-likeness (QED) is 0.502. The Kier molecular flexibility index (Phi) is 5.45. The number of nitrogens with zero attached hydrogens (tertiary/aromatic N) is 3. The maximum atomic E-state index is 13.2. The number of pyridine rings is 1. The monoisotopic (exact) mass is 429 g/mol. The summed E-state index contributed by atoms with van der Waals surface area (Å²) in [5, 5.41) is 1.91. The highest BCUT2D eigenvalue weighted by Crippen LogP contribution is 2.33. The number of aromatic nitrogens is 1. The second-order valence-corrected chi connectivity index (χ2v) is 7.46. The normalized spacial score (nSPS) is 14.6. The third kappa shape index (κ3) is 4.00. The predicted molar refractivity (Wildman–Crippen MR) is 109 cm³/mol. The first kappa shape index (κ1) is 20.6. The zero-order chi connectivity index (χ0) is 22.1. The SMILES string of the molecule is CC(=O)OCOc1c2n(ccc1=O)N(Cc1ccc3c(c1)OCO3)CN(C(C)C)C2=O. The fraction of sp³-hybridized carbons (Fsp3) is 0.381. The third-order valence-corrected chi connectivity index (χ3v) is 5.01. The molecule has 0 atom stereocenters. The van der Waals surface area contributed by atoms with Crippen molar-refractivity contribution in [2.45, 2.75) is 33.4 Å². The first-order valence-electron chi connectivity index (χ1n) is 9.81. The van der Waals surface area contributed by atoms with Crippen LogP contribution >= 0.6 is 0 Å². The van der Waals surface area contributed by atoms with Crippen LogP contribution in [0.15, 0.2) is 35.3 Å². The van der Waals surface area contributed by atoms with Crippen LogP contribution in [0.4, 0.5) is 0 Å². The van der Waals surface area contributed by atoms with Gasteiger partial charge < -0.3 is 23.8 Å². The van der Waals surface area contributed by atoms with E-state index in [1.807, 2.05) is 37.1 Å². The number of rotatable bonds is 6. The third-order valence-electron chi connectivity index (χ3n) is 5.01. The van der Waals surface area contributed by atoms with Gasteiger partial charge in [-0.25, -0.2) is 0 Å². The lowest BCUT2D eigenvalue weighted by atomic mass is 10.2. The molecular weight excluding hydrogens is 406 g/mol. The molecule has 0 spiro atoms. The minimum Gasteiger partial charge on any atom is -0.454 e. The molecule has 0 unspecified atom stereocenters. The molecule has 10 heteroatoms. The van der Waals surface area contributed by atoms with Crippen LogP contribution in [-0.4, -0.2) is 47.7 Å². The first-order valence-corrected chi connectivity index (χ1v) is 9.81. The number of carbonyl (C=O) groups is 2. The molecule has 0 aliphatic carbocycles. The average molecular weight is 429 g/mol. The van der Waals surface area contributed by atoms with Crippen LogP contribution in [0.25, 0.3) is 0 Å². The van der Waals surface area contributed by atoms with Crippen molar-refractivity contribution in [2.24, 2.45) is 0 Å². The van der Waals surface area contributed by atoms with E-state index in [2.05, 4.69) is 0 Å². The van der Waals surface area contributed by atoms with Gasteiger partial charge in [0.1, 0.15) is 6.67 Å². The second kappa shape index (κ2) is 8.21. The Bertz CT molecular complexity index is 1080. The summed E-state index contributed by atoms with van der Waals surface area (Å²) in [7, 11) is 0. The van der Waals surface area contributed by atoms with Crippen LogP contribution in [0, 0.1) is 0 Å². The summed E-state index contributed by atoms with van der Waals surface area (Å²) in [5.74, 6) is 0.301. The maximum absolute atomic E-state index is 13.2. The Morgan fingerprint density at radius 1 is 1.16 bits per heavy atom. The molecule has 1 aromatic carbocycles. The van der Waals surface area contributed by atoms with E-state index in [-0.39, 0.29) is 30.2 Å². The molecule has 2 aromatic rings. The summed E-state index contributed by atoms with van der Waals surface area (Å²) in [6.07, 6.45) is 1.54. The van der Waals surface area contributed by atoms with Crippen molar-refractivity contribution >= 4 is 11.9 Å². The van der Waals surface area contributed by atoms with Gasteiger partial charge >= 0.3 is 5.97 Å². The van der Waals surface area contributed by atoms with Crippen LogP contribution in [0.1, 0.15) is 36.8 Å². The number of fused-ring (bicyclic) bond motifs is 2. The van der Waals surface area contributed by atoms with Crippen molar-refractivity contribution in [1.82, 2.24) is 9.58 Å². The van der Waals surface area contributed by atoms with Crippen molar-refractivity contribution in [3.8, 4) is 17.2 Å². The summed E-state index contributed by atoms with van der Waals surface area (Å²) in [6.45, 7) is 5.50. The smallest absolute Gasteiger partial charge is 0.305 e. The highest BCUT2D eigenvalue weighted by atomic mass is 16.7. The topological polar surface area (TPSA) is 99.5 Å². The first-order chi connectivity index (χ1) is 14.8. The van der Waals surface area contributed by atoms with Gasteiger partial charge in [0.15, 0.2) is 17.2 Å². The maximum Gasteiger partial charge on any atom is 0.305 e. The van der Waals surface area contributed by atoms with Crippen molar-refractivity contribution in [1.29, 1.82) is 0 Å². The lowest BCUT2D eigenvalue weighted by Crippen LogP contribution is -2.55.